The van der Waals surface area contributed by atoms with Crippen LogP contribution < -0.4 is 11.1 Å². The number of rotatable bonds is 5. The van der Waals surface area contributed by atoms with Crippen molar-refractivity contribution < 1.29 is 14.3 Å². The molecule has 2 amide bonds. The zero-order valence-electron chi connectivity index (χ0n) is 10.8. The summed E-state index contributed by atoms with van der Waals surface area (Å²) in [5, 5.41) is 6.79. The Kier molecular flexibility index (Phi) is 3.88. The molecular formula is C11H17N5O3. The van der Waals surface area contributed by atoms with Gasteiger partial charge in [0.2, 0.25) is 0 Å². The largest absolute Gasteiger partial charge is 0.461 e. The number of nitrogen functional groups attached to an aromatic ring is 1. The molecule has 0 aromatic carbocycles. The molecule has 0 atom stereocenters. The van der Waals surface area contributed by atoms with Gasteiger partial charge in [0.1, 0.15) is 0 Å². The molecular weight excluding hydrogens is 250 g/mol. The standard InChI is InChI=1S/C11H17N5O3/c1-2-19-10(17)9-8(12)7-16(14-9)6-5-15-4-3-13-11(15)18/h7H,2-6,12H2,1H3,(H,13,18). The summed E-state index contributed by atoms with van der Waals surface area (Å²) in [4.78, 5) is 24.6. The average molecular weight is 267 g/mol. The fraction of sp³-hybridized carbons (Fsp3) is 0.545. The molecule has 0 spiro atoms. The highest BCUT2D eigenvalue weighted by molar-refractivity contribution is 5.92. The maximum Gasteiger partial charge on any atom is 0.361 e. The second-order valence-corrected chi connectivity index (χ2v) is 4.14. The van der Waals surface area contributed by atoms with Crippen LogP contribution in [0, 0.1) is 0 Å². The number of amides is 2. The number of carbonyl (C=O) groups is 2. The number of nitrogens with zero attached hydrogens (tertiary/aromatic N) is 3. The summed E-state index contributed by atoms with van der Waals surface area (Å²) in [6.45, 7) is 4.34. The molecule has 1 aromatic rings. The predicted molar refractivity (Wildman–Crippen MR) is 67.6 cm³/mol. The summed E-state index contributed by atoms with van der Waals surface area (Å²) in [6.07, 6.45) is 1.57. The molecule has 2 rings (SSSR count). The van der Waals surface area contributed by atoms with Crippen LogP contribution in [0.1, 0.15) is 17.4 Å². The van der Waals surface area contributed by atoms with E-state index in [0.29, 0.717) is 26.2 Å². The van der Waals surface area contributed by atoms with Crippen LogP contribution in [0.25, 0.3) is 0 Å². The number of hydrogen-bond acceptors (Lipinski definition) is 5. The monoisotopic (exact) mass is 267 g/mol. The quantitative estimate of drug-likeness (QED) is 0.711. The van der Waals surface area contributed by atoms with Gasteiger partial charge in [-0.1, -0.05) is 0 Å². The summed E-state index contributed by atoms with van der Waals surface area (Å²) in [5.41, 5.74) is 6.11. The molecule has 19 heavy (non-hydrogen) atoms. The summed E-state index contributed by atoms with van der Waals surface area (Å²) < 4.78 is 6.40. The van der Waals surface area contributed by atoms with E-state index in [9.17, 15) is 9.59 Å². The lowest BCUT2D eigenvalue weighted by molar-refractivity contribution is 0.0519. The van der Waals surface area contributed by atoms with Crippen LogP contribution in [-0.4, -0.2) is 52.9 Å². The highest BCUT2D eigenvalue weighted by Gasteiger charge is 2.20. The molecule has 1 aromatic heterocycles. The molecule has 0 saturated carbocycles. The Labute approximate surface area is 110 Å². The minimum atomic E-state index is -0.530. The van der Waals surface area contributed by atoms with Crippen LogP contribution in [0.2, 0.25) is 0 Å². The number of ether oxygens (including phenoxy) is 1. The van der Waals surface area contributed by atoms with Crippen molar-refractivity contribution in [3.63, 3.8) is 0 Å². The van der Waals surface area contributed by atoms with Crippen LogP contribution in [-0.2, 0) is 11.3 Å². The van der Waals surface area contributed by atoms with E-state index < -0.39 is 5.97 Å². The minimum absolute atomic E-state index is 0.0780. The normalized spacial score (nSPS) is 14.6. The predicted octanol–water partition coefficient (Wildman–Crippen LogP) is -0.333. The fourth-order valence-electron chi connectivity index (χ4n) is 1.86. The highest BCUT2D eigenvalue weighted by atomic mass is 16.5. The van der Waals surface area contributed by atoms with Gasteiger partial charge in [-0.15, -0.1) is 0 Å². The van der Waals surface area contributed by atoms with E-state index in [2.05, 4.69) is 10.4 Å². The molecule has 0 bridgehead atoms. The van der Waals surface area contributed by atoms with E-state index >= 15 is 0 Å². The summed E-state index contributed by atoms with van der Waals surface area (Å²) in [6, 6.07) is -0.0780. The first-order valence-corrected chi connectivity index (χ1v) is 6.14. The van der Waals surface area contributed by atoms with Gasteiger partial charge in [-0.3, -0.25) is 4.68 Å². The van der Waals surface area contributed by atoms with Crippen molar-refractivity contribution in [2.75, 3.05) is 32.0 Å². The molecule has 1 fully saturated rings. The Bertz CT molecular complexity index is 485. The van der Waals surface area contributed by atoms with Gasteiger partial charge in [0.25, 0.3) is 0 Å². The number of anilines is 1. The smallest absolute Gasteiger partial charge is 0.361 e. The molecule has 0 radical (unpaired) electrons. The first kappa shape index (κ1) is 13.2. The first-order chi connectivity index (χ1) is 9.11. The van der Waals surface area contributed by atoms with Crippen molar-refractivity contribution in [2.24, 2.45) is 0 Å². The topological polar surface area (TPSA) is 102 Å². The lowest BCUT2D eigenvalue weighted by atomic mass is 10.4. The Morgan fingerprint density at radius 3 is 3.00 bits per heavy atom. The van der Waals surface area contributed by atoms with E-state index in [1.807, 2.05) is 0 Å². The van der Waals surface area contributed by atoms with Gasteiger partial charge in [-0.2, -0.15) is 5.10 Å². The zero-order valence-corrected chi connectivity index (χ0v) is 10.8. The Morgan fingerprint density at radius 1 is 1.58 bits per heavy atom. The maximum atomic E-state index is 11.5. The molecule has 0 unspecified atom stereocenters. The number of nitrogens with one attached hydrogen (secondary N) is 1. The van der Waals surface area contributed by atoms with Crippen molar-refractivity contribution in [1.29, 1.82) is 0 Å². The summed E-state index contributed by atoms with van der Waals surface area (Å²) >= 11 is 0. The van der Waals surface area contributed by atoms with Gasteiger partial charge < -0.3 is 20.7 Å². The first-order valence-electron chi connectivity index (χ1n) is 6.14. The fourth-order valence-corrected chi connectivity index (χ4v) is 1.86. The number of nitrogens with two attached hydrogens (primary N) is 1. The van der Waals surface area contributed by atoms with Gasteiger partial charge >= 0.3 is 12.0 Å². The number of esters is 1. The van der Waals surface area contributed by atoms with E-state index in [1.165, 1.54) is 0 Å². The third kappa shape index (κ3) is 2.95. The minimum Gasteiger partial charge on any atom is -0.461 e. The molecule has 104 valence electrons. The van der Waals surface area contributed by atoms with Crippen molar-refractivity contribution >= 4 is 17.7 Å². The van der Waals surface area contributed by atoms with Crippen molar-refractivity contribution in [1.82, 2.24) is 20.0 Å². The third-order valence-electron chi connectivity index (χ3n) is 2.80. The van der Waals surface area contributed by atoms with Crippen LogP contribution in [0.3, 0.4) is 0 Å². The molecule has 8 heteroatoms. The van der Waals surface area contributed by atoms with E-state index in [0.717, 1.165) is 0 Å². The third-order valence-corrected chi connectivity index (χ3v) is 2.80. The number of aromatic nitrogens is 2. The van der Waals surface area contributed by atoms with Crippen LogP contribution in [0.4, 0.5) is 10.5 Å². The van der Waals surface area contributed by atoms with Crippen LogP contribution in [0.15, 0.2) is 6.20 Å². The molecule has 1 saturated heterocycles. The zero-order chi connectivity index (χ0) is 13.8. The summed E-state index contributed by atoms with van der Waals surface area (Å²) in [5.74, 6) is -0.530. The molecule has 3 N–H and O–H groups in total. The Balaban J connectivity index is 1.96. The number of hydrogen-bond donors (Lipinski definition) is 2. The van der Waals surface area contributed by atoms with Crippen LogP contribution >= 0.6 is 0 Å². The number of carbonyl (C=O) groups excluding carboxylic acids is 2. The van der Waals surface area contributed by atoms with E-state index in [4.69, 9.17) is 10.5 Å². The van der Waals surface area contributed by atoms with Gasteiger partial charge in [0.15, 0.2) is 5.69 Å². The second kappa shape index (κ2) is 5.59. The molecule has 8 nitrogen and oxygen atoms in total. The van der Waals surface area contributed by atoms with Crippen molar-refractivity contribution in [3.05, 3.63) is 11.9 Å². The molecule has 1 aliphatic heterocycles. The second-order valence-electron chi connectivity index (χ2n) is 4.14. The maximum absolute atomic E-state index is 11.5. The van der Waals surface area contributed by atoms with Crippen molar-refractivity contribution in [2.45, 2.75) is 13.5 Å². The van der Waals surface area contributed by atoms with Gasteiger partial charge in [-0.05, 0) is 6.92 Å². The average Bonchev–Trinajstić information content (AvgIpc) is 2.93. The molecule has 1 aliphatic rings. The lowest BCUT2D eigenvalue weighted by Gasteiger charge is -2.13. The Hall–Kier alpha value is -2.25. The van der Waals surface area contributed by atoms with Gasteiger partial charge in [0, 0.05) is 25.8 Å². The lowest BCUT2D eigenvalue weighted by Crippen LogP contribution is -2.31. The summed E-state index contributed by atoms with van der Waals surface area (Å²) in [7, 11) is 0. The SMILES string of the molecule is CCOC(=O)c1nn(CCN2CCNC2=O)cc1N. The molecule has 2 heterocycles. The van der Waals surface area contributed by atoms with Gasteiger partial charge in [-0.25, -0.2) is 9.59 Å². The van der Waals surface area contributed by atoms with Gasteiger partial charge in [0.05, 0.1) is 18.8 Å². The highest BCUT2D eigenvalue weighted by Crippen LogP contribution is 2.10. The van der Waals surface area contributed by atoms with E-state index in [-0.39, 0.29) is 24.0 Å². The van der Waals surface area contributed by atoms with E-state index in [1.54, 1.807) is 22.7 Å². The Morgan fingerprint density at radius 2 is 2.37 bits per heavy atom. The number of urea groups is 1. The molecule has 0 aliphatic carbocycles. The van der Waals surface area contributed by atoms with Crippen LogP contribution in [0.5, 0.6) is 0 Å². The van der Waals surface area contributed by atoms with Crippen molar-refractivity contribution in [3.8, 4) is 0 Å².